The first-order valence-corrected chi connectivity index (χ1v) is 13.0. The minimum absolute atomic E-state index is 0.155. The van der Waals surface area contributed by atoms with Crippen LogP contribution in [0.25, 0.3) is 21.9 Å². The van der Waals surface area contributed by atoms with Crippen LogP contribution in [0.5, 0.6) is 0 Å². The number of imidazole rings is 1. The summed E-state index contributed by atoms with van der Waals surface area (Å²) in [6.45, 7) is 10.4. The highest BCUT2D eigenvalue weighted by molar-refractivity contribution is 6.00. The molecular formula is C29H34N6O3. The number of hydrogen-bond donors (Lipinski definition) is 3. The van der Waals surface area contributed by atoms with Gasteiger partial charge in [-0.2, -0.15) is 0 Å². The summed E-state index contributed by atoms with van der Waals surface area (Å²) in [5.74, 6) is -0.374. The number of para-hydroxylation sites is 3. The van der Waals surface area contributed by atoms with Crippen LogP contribution < -0.4 is 5.32 Å². The number of H-pyrrole nitrogens is 2. The Morgan fingerprint density at radius 1 is 0.921 bits per heavy atom. The molecule has 0 spiro atoms. The topological polar surface area (TPSA) is 114 Å². The number of aromatic amines is 2. The van der Waals surface area contributed by atoms with E-state index in [0.29, 0.717) is 24.6 Å². The standard InChI is InChI=1S/C29H34N6O3/c1-17-16-35(28(38)25-31-21-12-8-9-13-22(21)32-25)18(2)15-34(17)27(37)24(29(3,4)5)33-26(36)23-14-19-10-6-7-11-20(19)30-23/h6-14,17-18,24,30H,15-16H2,1-5H3,(H,31,32)(H,33,36)/t17-,18-,24-/m1/s1. The SMILES string of the molecule is C[C@@H]1CN(C(=O)[C@@H](NC(=O)c2cc3ccccc3[nH]2)C(C)(C)C)[C@H](C)CN1C(=O)c1nc2ccccc2[nH]1. The van der Waals surface area contributed by atoms with E-state index in [9.17, 15) is 14.4 Å². The van der Waals surface area contributed by atoms with Crippen molar-refractivity contribution in [1.29, 1.82) is 0 Å². The first-order valence-electron chi connectivity index (χ1n) is 13.0. The molecule has 0 radical (unpaired) electrons. The van der Waals surface area contributed by atoms with Crippen LogP contribution in [0.2, 0.25) is 0 Å². The highest BCUT2D eigenvalue weighted by Gasteiger charge is 2.42. The number of nitrogens with one attached hydrogen (secondary N) is 3. The Kier molecular flexibility index (Phi) is 6.46. The van der Waals surface area contributed by atoms with Crippen molar-refractivity contribution in [2.75, 3.05) is 13.1 Å². The molecule has 4 aromatic rings. The van der Waals surface area contributed by atoms with Gasteiger partial charge in [-0.05, 0) is 43.5 Å². The van der Waals surface area contributed by atoms with Crippen LogP contribution >= 0.6 is 0 Å². The largest absolute Gasteiger partial charge is 0.351 e. The summed E-state index contributed by atoms with van der Waals surface area (Å²) in [7, 11) is 0. The van der Waals surface area contributed by atoms with Crippen molar-refractivity contribution in [3.05, 3.63) is 66.1 Å². The highest BCUT2D eigenvalue weighted by Crippen LogP contribution is 2.26. The van der Waals surface area contributed by atoms with Crippen LogP contribution in [0.15, 0.2) is 54.6 Å². The number of amides is 3. The number of aromatic nitrogens is 3. The Balaban J connectivity index is 1.32. The summed E-state index contributed by atoms with van der Waals surface area (Å²) in [5.41, 5.74) is 2.30. The van der Waals surface area contributed by atoms with Crippen LogP contribution in [-0.4, -0.2) is 73.7 Å². The maximum absolute atomic E-state index is 13.9. The molecule has 3 heterocycles. The smallest absolute Gasteiger partial charge is 0.290 e. The summed E-state index contributed by atoms with van der Waals surface area (Å²) in [5, 5.41) is 3.92. The molecule has 3 amide bonds. The third-order valence-corrected chi connectivity index (χ3v) is 7.28. The number of carbonyl (C=O) groups is 3. The van der Waals surface area contributed by atoms with Crippen LogP contribution in [0.1, 0.15) is 55.7 Å². The fourth-order valence-corrected chi connectivity index (χ4v) is 5.13. The van der Waals surface area contributed by atoms with E-state index < -0.39 is 11.5 Å². The van der Waals surface area contributed by atoms with Gasteiger partial charge in [0.25, 0.3) is 11.8 Å². The molecule has 3 atom stereocenters. The molecule has 3 N–H and O–H groups in total. The summed E-state index contributed by atoms with van der Waals surface area (Å²) in [6, 6.07) is 15.8. The normalized spacial score (nSPS) is 19.1. The third-order valence-electron chi connectivity index (χ3n) is 7.28. The second-order valence-electron chi connectivity index (χ2n) is 11.3. The van der Waals surface area contributed by atoms with Gasteiger partial charge in [0.05, 0.1) is 11.0 Å². The Bertz CT molecular complexity index is 1450. The van der Waals surface area contributed by atoms with Crippen LogP contribution in [0.4, 0.5) is 0 Å². The number of rotatable bonds is 4. The van der Waals surface area contributed by atoms with Gasteiger partial charge in [-0.25, -0.2) is 4.98 Å². The molecule has 0 bridgehead atoms. The van der Waals surface area contributed by atoms with Crippen molar-refractivity contribution in [2.45, 2.75) is 52.7 Å². The predicted octanol–water partition coefficient (Wildman–Crippen LogP) is 3.95. The van der Waals surface area contributed by atoms with Crippen molar-refractivity contribution < 1.29 is 14.4 Å². The molecule has 5 rings (SSSR count). The van der Waals surface area contributed by atoms with Crippen molar-refractivity contribution in [2.24, 2.45) is 5.41 Å². The van der Waals surface area contributed by atoms with E-state index in [1.165, 1.54) is 0 Å². The monoisotopic (exact) mass is 514 g/mol. The van der Waals surface area contributed by atoms with Gasteiger partial charge in [-0.3, -0.25) is 14.4 Å². The average molecular weight is 515 g/mol. The van der Waals surface area contributed by atoms with E-state index in [2.05, 4.69) is 20.3 Å². The van der Waals surface area contributed by atoms with E-state index in [1.54, 1.807) is 15.9 Å². The van der Waals surface area contributed by atoms with Gasteiger partial charge in [0.1, 0.15) is 11.7 Å². The zero-order valence-electron chi connectivity index (χ0n) is 22.4. The fourth-order valence-electron chi connectivity index (χ4n) is 5.13. The first-order chi connectivity index (χ1) is 18.0. The summed E-state index contributed by atoms with van der Waals surface area (Å²) < 4.78 is 0. The van der Waals surface area contributed by atoms with Crippen molar-refractivity contribution in [1.82, 2.24) is 30.1 Å². The number of carbonyl (C=O) groups excluding carboxylic acids is 3. The van der Waals surface area contributed by atoms with E-state index in [-0.39, 0.29) is 29.8 Å². The molecule has 1 aliphatic rings. The molecule has 0 aliphatic carbocycles. The summed E-state index contributed by atoms with van der Waals surface area (Å²) in [6.07, 6.45) is 0. The molecule has 1 saturated heterocycles. The Hall–Kier alpha value is -4.14. The van der Waals surface area contributed by atoms with Crippen LogP contribution in [0.3, 0.4) is 0 Å². The van der Waals surface area contributed by atoms with Gasteiger partial charge in [-0.15, -0.1) is 0 Å². The van der Waals surface area contributed by atoms with Crippen LogP contribution in [-0.2, 0) is 4.79 Å². The third kappa shape index (κ3) is 4.76. The summed E-state index contributed by atoms with van der Waals surface area (Å²) in [4.78, 5) is 54.7. The average Bonchev–Trinajstić information content (AvgIpc) is 3.51. The Morgan fingerprint density at radius 2 is 1.55 bits per heavy atom. The molecule has 2 aromatic carbocycles. The number of fused-ring (bicyclic) bond motifs is 2. The maximum Gasteiger partial charge on any atom is 0.290 e. The molecule has 1 aliphatic heterocycles. The number of benzene rings is 2. The number of piperazine rings is 1. The molecule has 9 heteroatoms. The van der Waals surface area contributed by atoms with E-state index in [0.717, 1.165) is 21.9 Å². The van der Waals surface area contributed by atoms with Gasteiger partial charge in [0, 0.05) is 36.1 Å². The van der Waals surface area contributed by atoms with Gasteiger partial charge in [-0.1, -0.05) is 51.1 Å². The zero-order chi connectivity index (χ0) is 27.2. The molecule has 1 fully saturated rings. The van der Waals surface area contributed by atoms with Crippen molar-refractivity contribution in [3.8, 4) is 0 Å². The number of nitrogens with zero attached hydrogens (tertiary/aromatic N) is 3. The fraction of sp³-hybridized carbons (Fsp3) is 0.379. The second-order valence-corrected chi connectivity index (χ2v) is 11.3. The van der Waals surface area contributed by atoms with Gasteiger partial charge in [0.15, 0.2) is 5.82 Å². The quantitative estimate of drug-likeness (QED) is 0.383. The summed E-state index contributed by atoms with van der Waals surface area (Å²) >= 11 is 0. The van der Waals surface area contributed by atoms with Crippen LogP contribution in [0, 0.1) is 5.41 Å². The lowest BCUT2D eigenvalue weighted by atomic mass is 9.85. The molecule has 198 valence electrons. The molecule has 2 aromatic heterocycles. The van der Waals surface area contributed by atoms with Gasteiger partial charge < -0.3 is 25.1 Å². The zero-order valence-corrected chi connectivity index (χ0v) is 22.4. The lowest BCUT2D eigenvalue weighted by Gasteiger charge is -2.46. The van der Waals surface area contributed by atoms with Crippen molar-refractivity contribution >= 4 is 39.7 Å². The molecule has 9 nitrogen and oxygen atoms in total. The van der Waals surface area contributed by atoms with E-state index in [1.807, 2.05) is 83.1 Å². The van der Waals surface area contributed by atoms with Gasteiger partial charge >= 0.3 is 0 Å². The number of hydrogen-bond acceptors (Lipinski definition) is 4. The van der Waals surface area contributed by atoms with Gasteiger partial charge in [0.2, 0.25) is 5.91 Å². The molecule has 38 heavy (non-hydrogen) atoms. The molecular weight excluding hydrogens is 480 g/mol. The Morgan fingerprint density at radius 3 is 2.24 bits per heavy atom. The minimum atomic E-state index is -0.742. The highest BCUT2D eigenvalue weighted by atomic mass is 16.2. The molecule has 0 saturated carbocycles. The van der Waals surface area contributed by atoms with Crippen molar-refractivity contribution in [3.63, 3.8) is 0 Å². The lowest BCUT2D eigenvalue weighted by Crippen LogP contribution is -2.64. The maximum atomic E-state index is 13.9. The first kappa shape index (κ1) is 25.5. The second kappa shape index (κ2) is 9.63. The van der Waals surface area contributed by atoms with E-state index in [4.69, 9.17) is 0 Å². The van der Waals surface area contributed by atoms with E-state index >= 15 is 0 Å². The Labute approximate surface area is 221 Å². The minimum Gasteiger partial charge on any atom is -0.351 e. The lowest BCUT2D eigenvalue weighted by molar-refractivity contribution is -0.141. The predicted molar refractivity (Wildman–Crippen MR) is 147 cm³/mol. The molecule has 0 unspecified atom stereocenters.